The van der Waals surface area contributed by atoms with Gasteiger partial charge >= 0.3 is 0 Å². The first-order valence-electron chi connectivity index (χ1n) is 10.2. The van der Waals surface area contributed by atoms with Gasteiger partial charge in [0.15, 0.2) is 0 Å². The Bertz CT molecular complexity index is 916. The van der Waals surface area contributed by atoms with Gasteiger partial charge in [-0.25, -0.2) is 0 Å². The maximum Gasteiger partial charge on any atom is 0.247 e. The molecule has 1 aromatic carbocycles. The molecule has 0 radical (unpaired) electrons. The van der Waals surface area contributed by atoms with Crippen LogP contribution in [0.1, 0.15) is 50.5 Å². The number of rotatable bonds is 3. The van der Waals surface area contributed by atoms with Gasteiger partial charge in [-0.3, -0.25) is 4.79 Å². The Morgan fingerprint density at radius 1 is 1.18 bits per heavy atom. The molecule has 1 fully saturated rings. The second-order valence-electron chi connectivity index (χ2n) is 8.09. The highest BCUT2D eigenvalue weighted by molar-refractivity contribution is 5.97. The summed E-state index contributed by atoms with van der Waals surface area (Å²) in [5.41, 5.74) is 4.05. The van der Waals surface area contributed by atoms with Crippen molar-refractivity contribution in [2.45, 2.75) is 58.7 Å². The summed E-state index contributed by atoms with van der Waals surface area (Å²) in [6, 6.07) is 4.09. The molecule has 2 atom stereocenters. The summed E-state index contributed by atoms with van der Waals surface area (Å²) in [6.07, 6.45) is 6.28. The highest BCUT2D eigenvalue weighted by atomic mass is 16.5. The lowest BCUT2D eigenvalue weighted by Gasteiger charge is -2.34. The van der Waals surface area contributed by atoms with Crippen LogP contribution in [0.15, 0.2) is 22.6 Å². The Morgan fingerprint density at radius 2 is 1.89 bits per heavy atom. The number of amides is 1. The highest BCUT2D eigenvalue weighted by Gasteiger charge is 2.25. The molecule has 28 heavy (non-hydrogen) atoms. The molecule has 2 unspecified atom stereocenters. The zero-order chi connectivity index (χ0) is 19.8. The molecule has 1 aliphatic carbocycles. The van der Waals surface area contributed by atoms with Crippen molar-refractivity contribution >= 4 is 22.4 Å². The first kappa shape index (κ1) is 19.1. The number of nitrogens with zero attached hydrogens (tertiary/aromatic N) is 1. The van der Waals surface area contributed by atoms with Gasteiger partial charge in [0, 0.05) is 48.2 Å². The summed E-state index contributed by atoms with van der Waals surface area (Å²) >= 11 is 0. The molecule has 150 valence electrons. The SMILES string of the molecule is COc1cc2oc3c(c2cc1/C(C)=C/C(=O)N1CC(C)OC(C)C1)CCCC3. The number of carbonyl (C=O) groups is 1. The lowest BCUT2D eigenvalue weighted by atomic mass is 9.94. The second kappa shape index (κ2) is 7.63. The number of hydrogen-bond acceptors (Lipinski definition) is 4. The third kappa shape index (κ3) is 3.55. The average molecular weight is 383 g/mol. The van der Waals surface area contributed by atoms with Gasteiger partial charge in [0.05, 0.1) is 19.3 Å². The summed E-state index contributed by atoms with van der Waals surface area (Å²) in [6.45, 7) is 7.23. The Kier molecular flexibility index (Phi) is 5.19. The van der Waals surface area contributed by atoms with E-state index in [9.17, 15) is 4.79 Å². The number of morpholine rings is 1. The topological polar surface area (TPSA) is 51.9 Å². The number of methoxy groups -OCH3 is 1. The summed E-state index contributed by atoms with van der Waals surface area (Å²) in [7, 11) is 1.66. The highest BCUT2D eigenvalue weighted by Crippen LogP contribution is 2.38. The minimum atomic E-state index is 0.0240. The first-order valence-corrected chi connectivity index (χ1v) is 10.2. The molecule has 5 nitrogen and oxygen atoms in total. The molecule has 1 aromatic heterocycles. The fraction of sp³-hybridized carbons (Fsp3) is 0.522. The van der Waals surface area contributed by atoms with Crippen molar-refractivity contribution in [1.29, 1.82) is 0 Å². The zero-order valence-corrected chi connectivity index (χ0v) is 17.2. The van der Waals surface area contributed by atoms with Gasteiger partial charge in [0.2, 0.25) is 5.91 Å². The third-order valence-electron chi connectivity index (χ3n) is 5.77. The van der Waals surface area contributed by atoms with Gasteiger partial charge in [-0.1, -0.05) is 0 Å². The fourth-order valence-electron chi connectivity index (χ4n) is 4.48. The van der Waals surface area contributed by atoms with Gasteiger partial charge in [-0.15, -0.1) is 0 Å². The van der Waals surface area contributed by atoms with Gasteiger partial charge in [0.1, 0.15) is 17.1 Å². The normalized spacial score (nSPS) is 23.0. The summed E-state index contributed by atoms with van der Waals surface area (Å²) in [5, 5.41) is 1.15. The predicted octanol–water partition coefficient (Wildman–Crippen LogP) is 4.36. The van der Waals surface area contributed by atoms with E-state index in [1.54, 1.807) is 13.2 Å². The molecule has 2 heterocycles. The lowest BCUT2D eigenvalue weighted by Crippen LogP contribution is -2.47. The number of fused-ring (bicyclic) bond motifs is 3. The smallest absolute Gasteiger partial charge is 0.247 e. The van der Waals surface area contributed by atoms with E-state index >= 15 is 0 Å². The molecule has 2 aliphatic rings. The van der Waals surface area contributed by atoms with Crippen LogP contribution in [-0.4, -0.2) is 43.2 Å². The van der Waals surface area contributed by atoms with Crippen molar-refractivity contribution in [1.82, 2.24) is 4.90 Å². The van der Waals surface area contributed by atoms with Crippen molar-refractivity contribution in [3.8, 4) is 5.75 Å². The average Bonchev–Trinajstić information content (AvgIpc) is 3.03. The van der Waals surface area contributed by atoms with E-state index in [1.807, 2.05) is 31.7 Å². The van der Waals surface area contributed by atoms with Crippen LogP contribution in [0.2, 0.25) is 0 Å². The Balaban J connectivity index is 1.68. The molecule has 1 amide bonds. The monoisotopic (exact) mass is 383 g/mol. The van der Waals surface area contributed by atoms with Crippen molar-refractivity contribution in [3.63, 3.8) is 0 Å². The number of furan rings is 1. The Morgan fingerprint density at radius 3 is 2.61 bits per heavy atom. The largest absolute Gasteiger partial charge is 0.496 e. The van der Waals surface area contributed by atoms with Crippen LogP contribution in [0.5, 0.6) is 5.75 Å². The number of ether oxygens (including phenoxy) is 2. The van der Waals surface area contributed by atoms with E-state index in [0.717, 1.165) is 46.5 Å². The molecule has 1 saturated heterocycles. The number of aryl methyl sites for hydroxylation is 2. The fourth-order valence-corrected chi connectivity index (χ4v) is 4.48. The zero-order valence-electron chi connectivity index (χ0n) is 17.2. The van der Waals surface area contributed by atoms with Crippen LogP contribution in [0, 0.1) is 0 Å². The number of hydrogen-bond donors (Lipinski definition) is 0. The van der Waals surface area contributed by atoms with Gasteiger partial charge < -0.3 is 18.8 Å². The van der Waals surface area contributed by atoms with Crippen LogP contribution in [-0.2, 0) is 22.4 Å². The molecule has 1 aliphatic heterocycles. The first-order chi connectivity index (χ1) is 13.5. The molecule has 0 spiro atoms. The standard InChI is InChI=1S/C23H29NO4/c1-14(9-23(25)24-12-15(2)27-16(3)13-24)18-10-19-17-7-5-6-8-20(17)28-22(19)11-21(18)26-4/h9-11,15-16H,5-8,12-13H2,1-4H3/b14-9+. The molecular weight excluding hydrogens is 354 g/mol. The van der Waals surface area contributed by atoms with E-state index in [0.29, 0.717) is 13.1 Å². The van der Waals surface area contributed by atoms with Crippen molar-refractivity contribution in [2.24, 2.45) is 0 Å². The molecule has 4 rings (SSSR count). The Labute approximate surface area is 166 Å². The molecule has 5 heteroatoms. The lowest BCUT2D eigenvalue weighted by molar-refractivity contribution is -0.137. The van der Waals surface area contributed by atoms with E-state index in [4.69, 9.17) is 13.9 Å². The number of benzene rings is 1. The van der Waals surface area contributed by atoms with Crippen molar-refractivity contribution in [2.75, 3.05) is 20.2 Å². The van der Waals surface area contributed by atoms with Crippen molar-refractivity contribution < 1.29 is 18.7 Å². The van der Waals surface area contributed by atoms with Gasteiger partial charge in [0.25, 0.3) is 0 Å². The molecular formula is C23H29NO4. The number of allylic oxidation sites excluding steroid dienone is 1. The minimum absolute atomic E-state index is 0.0240. The van der Waals surface area contributed by atoms with Crippen LogP contribution < -0.4 is 4.74 Å². The van der Waals surface area contributed by atoms with E-state index in [-0.39, 0.29) is 18.1 Å². The molecule has 0 bridgehead atoms. The molecule has 2 aromatic rings. The summed E-state index contributed by atoms with van der Waals surface area (Å²) in [4.78, 5) is 14.7. The molecule has 0 N–H and O–H groups in total. The van der Waals surface area contributed by atoms with Crippen molar-refractivity contribution in [3.05, 3.63) is 35.1 Å². The third-order valence-corrected chi connectivity index (χ3v) is 5.77. The van der Waals surface area contributed by atoms with Gasteiger partial charge in [-0.2, -0.15) is 0 Å². The van der Waals surface area contributed by atoms with E-state index in [1.165, 1.54) is 18.4 Å². The maximum absolute atomic E-state index is 12.9. The Hall–Kier alpha value is -2.27. The van der Waals surface area contributed by atoms with Crippen LogP contribution in [0.25, 0.3) is 16.5 Å². The summed E-state index contributed by atoms with van der Waals surface area (Å²) < 4.78 is 17.4. The maximum atomic E-state index is 12.9. The van der Waals surface area contributed by atoms with Gasteiger partial charge in [-0.05, 0) is 51.7 Å². The quantitative estimate of drug-likeness (QED) is 0.739. The van der Waals surface area contributed by atoms with E-state index in [2.05, 4.69) is 6.07 Å². The van der Waals surface area contributed by atoms with Crippen LogP contribution in [0.3, 0.4) is 0 Å². The van der Waals surface area contributed by atoms with E-state index < -0.39 is 0 Å². The predicted molar refractivity (Wildman–Crippen MR) is 110 cm³/mol. The summed E-state index contributed by atoms with van der Waals surface area (Å²) in [5.74, 6) is 1.87. The van der Waals surface area contributed by atoms with Crippen LogP contribution >= 0.6 is 0 Å². The second-order valence-corrected chi connectivity index (χ2v) is 8.09. The molecule has 0 saturated carbocycles. The van der Waals surface area contributed by atoms with Crippen LogP contribution in [0.4, 0.5) is 0 Å². The minimum Gasteiger partial charge on any atom is -0.496 e. The number of carbonyl (C=O) groups excluding carboxylic acids is 1.